The molecule has 0 saturated heterocycles. The highest BCUT2D eigenvalue weighted by Crippen LogP contribution is 2.25. The van der Waals surface area contributed by atoms with Crippen LogP contribution in [-0.2, 0) is 0 Å². The lowest BCUT2D eigenvalue weighted by atomic mass is 9.83. The molecular weight excluding hydrogens is 186 g/mol. The third-order valence-electron chi connectivity index (χ3n) is 3.51. The first kappa shape index (κ1) is 13.0. The highest BCUT2D eigenvalue weighted by atomic mass is 16.3. The zero-order valence-corrected chi connectivity index (χ0v) is 10.6. The van der Waals surface area contributed by atoms with Crippen LogP contribution in [0.25, 0.3) is 0 Å². The fourth-order valence-corrected chi connectivity index (χ4v) is 2.45. The Balaban J connectivity index is 2.42. The minimum absolute atomic E-state index is 0.250. The van der Waals surface area contributed by atoms with Gasteiger partial charge < -0.3 is 10.4 Å². The normalized spacial score (nSPS) is 21.6. The van der Waals surface area contributed by atoms with Gasteiger partial charge in [-0.2, -0.15) is 0 Å². The number of aliphatic hydroxyl groups is 1. The van der Waals surface area contributed by atoms with Gasteiger partial charge in [-0.15, -0.1) is 0 Å². The molecule has 0 heterocycles. The molecule has 1 saturated carbocycles. The molecule has 2 N–H and O–H groups in total. The minimum Gasteiger partial charge on any atom is -0.396 e. The lowest BCUT2D eigenvalue weighted by Crippen LogP contribution is -2.47. The molecule has 2 heteroatoms. The SMILES string of the molecule is CC(C)(C)C(CCO)NC1CCCCC1. The molecule has 0 aromatic carbocycles. The van der Waals surface area contributed by atoms with Gasteiger partial charge in [-0.3, -0.25) is 0 Å². The average molecular weight is 213 g/mol. The number of aliphatic hydroxyl groups excluding tert-OH is 1. The Labute approximate surface area is 94.5 Å². The van der Waals surface area contributed by atoms with Crippen LogP contribution >= 0.6 is 0 Å². The van der Waals surface area contributed by atoms with Crippen molar-refractivity contribution in [3.8, 4) is 0 Å². The van der Waals surface area contributed by atoms with Crippen molar-refractivity contribution in [2.24, 2.45) is 5.41 Å². The molecule has 1 aliphatic carbocycles. The van der Waals surface area contributed by atoms with Crippen LogP contribution in [0.15, 0.2) is 0 Å². The first-order valence-electron chi connectivity index (χ1n) is 6.41. The van der Waals surface area contributed by atoms with Gasteiger partial charge in [0.2, 0.25) is 0 Å². The Hall–Kier alpha value is -0.0800. The fraction of sp³-hybridized carbons (Fsp3) is 1.00. The number of rotatable bonds is 4. The van der Waals surface area contributed by atoms with Gasteiger partial charge in [-0.05, 0) is 24.7 Å². The topological polar surface area (TPSA) is 32.3 Å². The van der Waals surface area contributed by atoms with E-state index in [4.69, 9.17) is 5.11 Å². The van der Waals surface area contributed by atoms with Gasteiger partial charge in [0.15, 0.2) is 0 Å². The van der Waals surface area contributed by atoms with E-state index < -0.39 is 0 Å². The molecule has 0 aliphatic heterocycles. The van der Waals surface area contributed by atoms with Crippen molar-refractivity contribution >= 4 is 0 Å². The van der Waals surface area contributed by atoms with Gasteiger partial charge in [0.1, 0.15) is 0 Å². The summed E-state index contributed by atoms with van der Waals surface area (Å²) in [5.74, 6) is 0. The van der Waals surface area contributed by atoms with Crippen molar-refractivity contribution in [2.45, 2.75) is 71.4 Å². The molecule has 0 aromatic rings. The second-order valence-corrected chi connectivity index (χ2v) is 5.93. The standard InChI is InChI=1S/C13H27NO/c1-13(2,3)12(9-10-15)14-11-7-5-4-6-8-11/h11-12,14-15H,4-10H2,1-3H3. The van der Waals surface area contributed by atoms with E-state index in [0.717, 1.165) is 6.42 Å². The van der Waals surface area contributed by atoms with E-state index in [2.05, 4.69) is 26.1 Å². The Morgan fingerprint density at radius 1 is 1.20 bits per heavy atom. The van der Waals surface area contributed by atoms with Crippen molar-refractivity contribution < 1.29 is 5.11 Å². The Bertz CT molecular complexity index is 168. The molecule has 1 fully saturated rings. The van der Waals surface area contributed by atoms with Gasteiger partial charge in [-0.1, -0.05) is 40.0 Å². The third-order valence-corrected chi connectivity index (χ3v) is 3.51. The summed E-state index contributed by atoms with van der Waals surface area (Å²) in [5, 5.41) is 12.8. The van der Waals surface area contributed by atoms with Gasteiger partial charge in [-0.25, -0.2) is 0 Å². The van der Waals surface area contributed by atoms with Crippen molar-refractivity contribution in [3.63, 3.8) is 0 Å². The minimum atomic E-state index is 0.250. The summed E-state index contributed by atoms with van der Waals surface area (Å²) in [6, 6.07) is 1.14. The van der Waals surface area contributed by atoms with Gasteiger partial charge >= 0.3 is 0 Å². The molecule has 0 radical (unpaired) electrons. The van der Waals surface area contributed by atoms with Crippen LogP contribution in [0.5, 0.6) is 0 Å². The van der Waals surface area contributed by atoms with Gasteiger partial charge in [0.05, 0.1) is 0 Å². The lowest BCUT2D eigenvalue weighted by Gasteiger charge is -2.36. The van der Waals surface area contributed by atoms with E-state index in [9.17, 15) is 0 Å². The average Bonchev–Trinajstić information content (AvgIpc) is 2.17. The Kier molecular flexibility index (Phi) is 5.07. The predicted octanol–water partition coefficient (Wildman–Crippen LogP) is 2.71. The zero-order chi connectivity index (χ0) is 11.3. The fourth-order valence-electron chi connectivity index (χ4n) is 2.45. The molecule has 0 bridgehead atoms. The van der Waals surface area contributed by atoms with Crippen LogP contribution < -0.4 is 5.32 Å². The molecule has 90 valence electrons. The third kappa shape index (κ3) is 4.52. The molecule has 1 aliphatic rings. The highest BCUT2D eigenvalue weighted by Gasteiger charge is 2.26. The van der Waals surface area contributed by atoms with Crippen molar-refractivity contribution in [2.75, 3.05) is 6.61 Å². The van der Waals surface area contributed by atoms with E-state index in [1.807, 2.05) is 0 Å². The summed E-state index contributed by atoms with van der Waals surface area (Å²) in [7, 11) is 0. The van der Waals surface area contributed by atoms with Crippen molar-refractivity contribution in [3.05, 3.63) is 0 Å². The second kappa shape index (κ2) is 5.86. The van der Waals surface area contributed by atoms with E-state index in [0.29, 0.717) is 18.7 Å². The quantitative estimate of drug-likeness (QED) is 0.752. The predicted molar refractivity (Wildman–Crippen MR) is 65.0 cm³/mol. The lowest BCUT2D eigenvalue weighted by molar-refractivity contribution is 0.175. The molecule has 1 rings (SSSR count). The maximum atomic E-state index is 9.09. The molecule has 0 amide bonds. The van der Waals surface area contributed by atoms with Crippen molar-refractivity contribution in [1.82, 2.24) is 5.32 Å². The van der Waals surface area contributed by atoms with E-state index in [-0.39, 0.29) is 5.41 Å². The van der Waals surface area contributed by atoms with Gasteiger partial charge in [0, 0.05) is 18.7 Å². The van der Waals surface area contributed by atoms with Crippen LogP contribution in [0.1, 0.15) is 59.3 Å². The molecule has 0 spiro atoms. The highest BCUT2D eigenvalue weighted by molar-refractivity contribution is 4.84. The number of nitrogens with one attached hydrogen (secondary N) is 1. The van der Waals surface area contributed by atoms with Crippen LogP contribution in [0.4, 0.5) is 0 Å². The Morgan fingerprint density at radius 2 is 1.80 bits per heavy atom. The van der Waals surface area contributed by atoms with Crippen molar-refractivity contribution in [1.29, 1.82) is 0 Å². The first-order valence-corrected chi connectivity index (χ1v) is 6.41. The molecule has 1 unspecified atom stereocenters. The summed E-state index contributed by atoms with van der Waals surface area (Å²) in [5.41, 5.74) is 0.250. The van der Waals surface area contributed by atoms with Crippen LogP contribution in [0.2, 0.25) is 0 Å². The monoisotopic (exact) mass is 213 g/mol. The summed E-state index contributed by atoms with van der Waals surface area (Å²) in [6.07, 6.45) is 7.65. The smallest absolute Gasteiger partial charge is 0.0446 e. The number of hydrogen-bond acceptors (Lipinski definition) is 2. The molecule has 2 nitrogen and oxygen atoms in total. The van der Waals surface area contributed by atoms with Gasteiger partial charge in [0.25, 0.3) is 0 Å². The Morgan fingerprint density at radius 3 is 2.27 bits per heavy atom. The van der Waals surface area contributed by atoms with Crippen LogP contribution in [0.3, 0.4) is 0 Å². The van der Waals surface area contributed by atoms with Crippen LogP contribution in [0, 0.1) is 5.41 Å². The van der Waals surface area contributed by atoms with E-state index in [1.165, 1.54) is 32.1 Å². The summed E-state index contributed by atoms with van der Waals surface area (Å²) >= 11 is 0. The molecule has 15 heavy (non-hydrogen) atoms. The summed E-state index contributed by atoms with van der Waals surface area (Å²) in [4.78, 5) is 0. The molecular formula is C13H27NO. The summed E-state index contributed by atoms with van der Waals surface area (Å²) < 4.78 is 0. The van der Waals surface area contributed by atoms with Crippen LogP contribution in [-0.4, -0.2) is 23.8 Å². The molecule has 1 atom stereocenters. The van der Waals surface area contributed by atoms with E-state index in [1.54, 1.807) is 0 Å². The summed E-state index contributed by atoms with van der Waals surface area (Å²) in [6.45, 7) is 7.05. The first-order chi connectivity index (χ1) is 7.04. The largest absolute Gasteiger partial charge is 0.396 e. The zero-order valence-electron chi connectivity index (χ0n) is 10.6. The van der Waals surface area contributed by atoms with E-state index >= 15 is 0 Å². The maximum absolute atomic E-state index is 9.09. The number of hydrogen-bond donors (Lipinski definition) is 2. The molecule has 0 aromatic heterocycles. The second-order valence-electron chi connectivity index (χ2n) is 5.93. The maximum Gasteiger partial charge on any atom is 0.0446 e.